The number of benzene rings is 1. The van der Waals surface area contributed by atoms with E-state index in [1.165, 1.54) is 0 Å². The molecular weight excluding hydrogens is 342 g/mol. The van der Waals surface area contributed by atoms with Crippen molar-refractivity contribution in [2.75, 3.05) is 31.8 Å². The Balaban J connectivity index is 1.60. The lowest BCUT2D eigenvalue weighted by Gasteiger charge is -2.41. The third-order valence-electron chi connectivity index (χ3n) is 6.35. The SMILES string of the molecule is CCCC[C@]1(O)CC[C@]2(CCN(c3ccc(OCCOC)cc3)C2=O)CC1. The van der Waals surface area contributed by atoms with Crippen LogP contribution >= 0.6 is 0 Å². The maximum atomic E-state index is 13.2. The highest BCUT2D eigenvalue weighted by atomic mass is 16.5. The molecule has 0 unspecified atom stereocenters. The molecule has 1 saturated carbocycles. The fourth-order valence-corrected chi connectivity index (χ4v) is 4.45. The van der Waals surface area contributed by atoms with E-state index in [0.29, 0.717) is 13.2 Å². The van der Waals surface area contributed by atoms with Gasteiger partial charge in [0.15, 0.2) is 0 Å². The van der Waals surface area contributed by atoms with E-state index in [1.807, 2.05) is 29.2 Å². The van der Waals surface area contributed by atoms with Crippen LogP contribution in [0.15, 0.2) is 24.3 Å². The number of unbranched alkanes of at least 4 members (excludes halogenated alkanes) is 1. The molecule has 150 valence electrons. The van der Waals surface area contributed by atoms with Gasteiger partial charge in [-0.25, -0.2) is 0 Å². The van der Waals surface area contributed by atoms with E-state index in [0.717, 1.165) is 69.3 Å². The lowest BCUT2D eigenvalue weighted by Crippen LogP contribution is -2.43. The van der Waals surface area contributed by atoms with Gasteiger partial charge < -0.3 is 19.5 Å². The molecule has 1 saturated heterocycles. The van der Waals surface area contributed by atoms with Crippen LogP contribution in [0.1, 0.15) is 58.3 Å². The van der Waals surface area contributed by atoms with Crippen LogP contribution in [0.4, 0.5) is 5.69 Å². The fourth-order valence-electron chi connectivity index (χ4n) is 4.45. The molecule has 1 spiro atoms. The van der Waals surface area contributed by atoms with Gasteiger partial charge in [-0.2, -0.15) is 0 Å². The van der Waals surface area contributed by atoms with Crippen molar-refractivity contribution in [2.45, 2.75) is 63.9 Å². The Morgan fingerprint density at radius 1 is 1.07 bits per heavy atom. The minimum Gasteiger partial charge on any atom is -0.491 e. The van der Waals surface area contributed by atoms with E-state index in [2.05, 4.69) is 6.92 Å². The van der Waals surface area contributed by atoms with Crippen LogP contribution in [-0.2, 0) is 9.53 Å². The van der Waals surface area contributed by atoms with Gasteiger partial charge in [-0.15, -0.1) is 0 Å². The molecule has 27 heavy (non-hydrogen) atoms. The smallest absolute Gasteiger partial charge is 0.233 e. The number of rotatable bonds is 8. The summed E-state index contributed by atoms with van der Waals surface area (Å²) in [6.45, 7) is 3.98. The average molecular weight is 376 g/mol. The first kappa shape index (κ1) is 20.2. The van der Waals surface area contributed by atoms with Crippen LogP contribution in [-0.4, -0.2) is 43.5 Å². The van der Waals surface area contributed by atoms with Crippen molar-refractivity contribution >= 4 is 11.6 Å². The Morgan fingerprint density at radius 3 is 2.41 bits per heavy atom. The Morgan fingerprint density at radius 2 is 1.78 bits per heavy atom. The van der Waals surface area contributed by atoms with E-state index < -0.39 is 5.60 Å². The number of ether oxygens (including phenoxy) is 2. The summed E-state index contributed by atoms with van der Waals surface area (Å²) in [7, 11) is 1.65. The third kappa shape index (κ3) is 4.46. The van der Waals surface area contributed by atoms with E-state index in [4.69, 9.17) is 9.47 Å². The van der Waals surface area contributed by atoms with E-state index >= 15 is 0 Å². The van der Waals surface area contributed by atoms with Crippen LogP contribution in [0.5, 0.6) is 5.75 Å². The molecule has 3 rings (SSSR count). The normalized spacial score (nSPS) is 28.1. The fraction of sp³-hybridized carbons (Fsp3) is 0.682. The first-order valence-corrected chi connectivity index (χ1v) is 10.3. The highest BCUT2D eigenvalue weighted by Gasteiger charge is 2.51. The topological polar surface area (TPSA) is 59.0 Å². The Bertz CT molecular complexity index is 620. The zero-order valence-corrected chi connectivity index (χ0v) is 16.7. The number of amides is 1. The second kappa shape index (κ2) is 8.61. The van der Waals surface area contributed by atoms with Gasteiger partial charge in [0.1, 0.15) is 12.4 Å². The van der Waals surface area contributed by atoms with Crippen molar-refractivity contribution in [2.24, 2.45) is 5.41 Å². The van der Waals surface area contributed by atoms with Crippen molar-refractivity contribution in [3.8, 4) is 5.75 Å². The number of anilines is 1. The molecule has 1 amide bonds. The van der Waals surface area contributed by atoms with E-state index in [1.54, 1.807) is 7.11 Å². The first-order valence-electron chi connectivity index (χ1n) is 10.3. The first-order chi connectivity index (χ1) is 13.0. The highest BCUT2D eigenvalue weighted by molar-refractivity contribution is 6.00. The Labute approximate surface area is 162 Å². The number of hydrogen-bond acceptors (Lipinski definition) is 4. The van der Waals surface area contributed by atoms with E-state index in [-0.39, 0.29) is 11.3 Å². The van der Waals surface area contributed by atoms with E-state index in [9.17, 15) is 9.90 Å². The molecule has 1 N–H and O–H groups in total. The Kier molecular flexibility index (Phi) is 6.43. The monoisotopic (exact) mass is 375 g/mol. The van der Waals surface area contributed by atoms with Gasteiger partial charge in [-0.05, 0) is 62.8 Å². The van der Waals surface area contributed by atoms with Crippen LogP contribution in [0.3, 0.4) is 0 Å². The summed E-state index contributed by atoms with van der Waals surface area (Å²) in [5, 5.41) is 10.8. The van der Waals surface area contributed by atoms with Crippen molar-refractivity contribution in [3.05, 3.63) is 24.3 Å². The number of aliphatic hydroxyl groups is 1. The van der Waals surface area contributed by atoms with Gasteiger partial charge in [0.05, 0.1) is 17.6 Å². The molecule has 1 aromatic rings. The van der Waals surface area contributed by atoms with Crippen LogP contribution in [0.2, 0.25) is 0 Å². The highest BCUT2D eigenvalue weighted by Crippen LogP contribution is 2.49. The van der Waals surface area contributed by atoms with Crippen LogP contribution in [0.25, 0.3) is 0 Å². The van der Waals surface area contributed by atoms with Gasteiger partial charge in [-0.1, -0.05) is 19.8 Å². The standard InChI is InChI=1S/C22H33NO4/c1-3-4-9-22(25)12-10-21(11-13-22)14-15-23(20(21)24)18-5-7-19(8-6-18)27-17-16-26-2/h5-8,25H,3-4,9-17H2,1-2H3/t21-,22+. The van der Waals surface area contributed by atoms with Gasteiger partial charge in [-0.3, -0.25) is 4.79 Å². The van der Waals surface area contributed by atoms with Gasteiger partial charge in [0.25, 0.3) is 0 Å². The molecule has 0 atom stereocenters. The zero-order valence-electron chi connectivity index (χ0n) is 16.7. The molecule has 0 radical (unpaired) electrons. The third-order valence-corrected chi connectivity index (χ3v) is 6.35. The summed E-state index contributed by atoms with van der Waals surface area (Å²) >= 11 is 0. The van der Waals surface area contributed by atoms with Gasteiger partial charge in [0, 0.05) is 19.3 Å². The summed E-state index contributed by atoms with van der Waals surface area (Å²) in [6.07, 6.45) is 7.02. The molecule has 5 nitrogen and oxygen atoms in total. The Hall–Kier alpha value is -1.59. The number of carbonyl (C=O) groups excluding carboxylic acids is 1. The molecule has 1 aromatic carbocycles. The summed E-state index contributed by atoms with van der Waals surface area (Å²) in [6, 6.07) is 7.74. The van der Waals surface area contributed by atoms with Crippen molar-refractivity contribution < 1.29 is 19.4 Å². The molecule has 1 heterocycles. The molecule has 0 bridgehead atoms. The van der Waals surface area contributed by atoms with Gasteiger partial charge in [0.2, 0.25) is 5.91 Å². The van der Waals surface area contributed by atoms with Gasteiger partial charge >= 0.3 is 0 Å². The number of carbonyl (C=O) groups is 1. The molecule has 2 aliphatic rings. The zero-order chi connectivity index (χ0) is 19.3. The van der Waals surface area contributed by atoms with Crippen molar-refractivity contribution in [1.29, 1.82) is 0 Å². The van der Waals surface area contributed by atoms with Crippen molar-refractivity contribution in [3.63, 3.8) is 0 Å². The predicted molar refractivity (Wildman–Crippen MR) is 106 cm³/mol. The molecule has 1 aliphatic carbocycles. The van der Waals surface area contributed by atoms with Crippen LogP contribution < -0.4 is 9.64 Å². The predicted octanol–water partition coefficient (Wildman–Crippen LogP) is 3.93. The maximum Gasteiger partial charge on any atom is 0.233 e. The summed E-state index contributed by atoms with van der Waals surface area (Å²) in [5.41, 5.74) is 0.102. The minimum absolute atomic E-state index is 0.230. The van der Waals surface area contributed by atoms with Crippen molar-refractivity contribution in [1.82, 2.24) is 0 Å². The quantitative estimate of drug-likeness (QED) is 0.700. The second-order valence-corrected chi connectivity index (χ2v) is 8.15. The molecule has 1 aliphatic heterocycles. The number of methoxy groups -OCH3 is 1. The maximum absolute atomic E-state index is 13.2. The number of nitrogens with zero attached hydrogens (tertiary/aromatic N) is 1. The summed E-state index contributed by atoms with van der Waals surface area (Å²) in [5.74, 6) is 1.02. The van der Waals surface area contributed by atoms with Crippen LogP contribution in [0, 0.1) is 5.41 Å². The molecule has 5 heteroatoms. The average Bonchev–Trinajstić information content (AvgIpc) is 3.00. The molecule has 2 fully saturated rings. The number of hydrogen-bond donors (Lipinski definition) is 1. The summed E-state index contributed by atoms with van der Waals surface area (Å²) in [4.78, 5) is 15.1. The lowest BCUT2D eigenvalue weighted by atomic mass is 9.66. The second-order valence-electron chi connectivity index (χ2n) is 8.15. The molecular formula is C22H33NO4. The largest absolute Gasteiger partial charge is 0.491 e. The minimum atomic E-state index is -0.559. The molecule has 0 aromatic heterocycles. The summed E-state index contributed by atoms with van der Waals surface area (Å²) < 4.78 is 10.6. The lowest BCUT2D eigenvalue weighted by molar-refractivity contribution is -0.131.